The van der Waals surface area contributed by atoms with Crippen LogP contribution >= 0.6 is 0 Å². The fourth-order valence-corrected chi connectivity index (χ4v) is 2.58. The Morgan fingerprint density at radius 3 is 1.83 bits per heavy atom. The van der Waals surface area contributed by atoms with E-state index in [9.17, 15) is 4.79 Å². The summed E-state index contributed by atoms with van der Waals surface area (Å²) in [6.07, 6.45) is 0.620. The van der Waals surface area contributed by atoms with Crippen LogP contribution in [-0.2, 0) is 13.1 Å². The molecule has 0 aliphatic rings. The molecular weight excluding hydrogens is 362 g/mol. The Labute approximate surface area is 174 Å². The molecule has 3 aromatic rings. The van der Waals surface area contributed by atoms with Crippen LogP contribution in [0.4, 0.5) is 0 Å². The lowest BCUT2D eigenvalue weighted by Crippen LogP contribution is -2.17. The van der Waals surface area contributed by atoms with Gasteiger partial charge in [0.15, 0.2) is 6.29 Å². The molecule has 1 N–H and O–H groups in total. The van der Waals surface area contributed by atoms with Crippen LogP contribution in [0.25, 0.3) is 0 Å². The number of aromatic hydroxyl groups is 1. The second-order valence-electron chi connectivity index (χ2n) is 6.18. The average Bonchev–Trinajstić information content (AvgIpc) is 2.77. The second-order valence-corrected chi connectivity index (χ2v) is 6.18. The number of hydrogen-bond donors (Lipinski definition) is 1. The Kier molecular flexibility index (Phi) is 11.5. The number of aldehydes is 1. The molecule has 0 radical (unpaired) electrons. The molecular formula is C25H31NO3. The molecule has 4 heteroatoms. The van der Waals surface area contributed by atoms with E-state index in [2.05, 4.69) is 48.3 Å². The Morgan fingerprint density at radius 2 is 1.34 bits per heavy atom. The zero-order valence-corrected chi connectivity index (χ0v) is 17.7. The summed E-state index contributed by atoms with van der Waals surface area (Å²) < 4.78 is 5.16. The molecule has 0 unspecified atom stereocenters. The molecule has 0 spiro atoms. The molecule has 154 valence electrons. The predicted octanol–water partition coefficient (Wildman–Crippen LogP) is 5.56. The minimum atomic E-state index is 0.0347. The van der Waals surface area contributed by atoms with Crippen molar-refractivity contribution >= 4 is 6.29 Å². The first kappa shape index (κ1) is 23.9. The van der Waals surface area contributed by atoms with Gasteiger partial charge >= 0.3 is 0 Å². The molecule has 3 aromatic carbocycles. The van der Waals surface area contributed by atoms with Crippen LogP contribution in [0.15, 0.2) is 78.9 Å². The molecule has 0 aliphatic carbocycles. The number of methoxy groups -OCH3 is 1. The summed E-state index contributed by atoms with van der Waals surface area (Å²) in [5.41, 5.74) is 2.97. The third kappa shape index (κ3) is 9.08. The standard InChI is InChI=1S/C16H19NO.C7H6O2.C2H6/c1-17(12-14-6-4-3-5-7-14)13-15-8-10-16(18-2)11-9-15;8-5-6-3-1-2-4-7(6)9;1-2/h3-11H,12-13H2,1-2H3;1-5,9H;1-2H3. The van der Waals surface area contributed by atoms with E-state index >= 15 is 0 Å². The molecule has 4 nitrogen and oxygen atoms in total. The van der Waals surface area contributed by atoms with E-state index in [1.165, 1.54) is 17.2 Å². The monoisotopic (exact) mass is 393 g/mol. The number of para-hydroxylation sites is 1. The Balaban J connectivity index is 0.000000321. The number of ether oxygens (including phenoxy) is 1. The van der Waals surface area contributed by atoms with Gasteiger partial charge in [-0.15, -0.1) is 0 Å². The molecule has 29 heavy (non-hydrogen) atoms. The third-order valence-electron chi connectivity index (χ3n) is 3.97. The van der Waals surface area contributed by atoms with E-state index in [1.54, 1.807) is 25.3 Å². The van der Waals surface area contributed by atoms with E-state index in [0.29, 0.717) is 11.8 Å². The first-order chi connectivity index (χ1) is 14.1. The molecule has 0 saturated heterocycles. The number of carbonyl (C=O) groups is 1. The predicted molar refractivity (Wildman–Crippen MR) is 119 cm³/mol. The van der Waals surface area contributed by atoms with Crippen LogP contribution in [-0.4, -0.2) is 30.5 Å². The van der Waals surface area contributed by atoms with Crippen molar-refractivity contribution in [2.45, 2.75) is 26.9 Å². The lowest BCUT2D eigenvalue weighted by atomic mass is 10.2. The van der Waals surface area contributed by atoms with Crippen molar-refractivity contribution in [1.82, 2.24) is 4.90 Å². The number of phenolic OH excluding ortho intramolecular Hbond substituents is 1. The van der Waals surface area contributed by atoms with Crippen LogP contribution in [0.1, 0.15) is 35.3 Å². The highest BCUT2D eigenvalue weighted by atomic mass is 16.5. The van der Waals surface area contributed by atoms with E-state index in [4.69, 9.17) is 9.84 Å². The molecule has 0 amide bonds. The van der Waals surface area contributed by atoms with Crippen LogP contribution in [0, 0.1) is 0 Å². The molecule has 0 aliphatic heterocycles. The Morgan fingerprint density at radius 1 is 0.828 bits per heavy atom. The third-order valence-corrected chi connectivity index (χ3v) is 3.97. The fourth-order valence-electron chi connectivity index (χ4n) is 2.58. The largest absolute Gasteiger partial charge is 0.507 e. The molecule has 0 saturated carbocycles. The number of rotatable bonds is 6. The molecule has 0 bridgehead atoms. The minimum absolute atomic E-state index is 0.0347. The smallest absolute Gasteiger partial charge is 0.153 e. The summed E-state index contributed by atoms with van der Waals surface area (Å²) in [5.74, 6) is 0.942. The van der Waals surface area contributed by atoms with Gasteiger partial charge in [0, 0.05) is 13.1 Å². The van der Waals surface area contributed by atoms with Gasteiger partial charge in [-0.2, -0.15) is 0 Å². The highest BCUT2D eigenvalue weighted by Crippen LogP contribution is 2.14. The van der Waals surface area contributed by atoms with Gasteiger partial charge in [0.1, 0.15) is 11.5 Å². The molecule has 3 rings (SSSR count). The van der Waals surface area contributed by atoms with Crippen LogP contribution < -0.4 is 4.74 Å². The highest BCUT2D eigenvalue weighted by Gasteiger charge is 2.02. The first-order valence-electron chi connectivity index (χ1n) is 9.71. The maximum atomic E-state index is 10.1. The average molecular weight is 394 g/mol. The zero-order chi connectivity index (χ0) is 21.5. The van der Waals surface area contributed by atoms with Crippen molar-refractivity contribution in [3.05, 3.63) is 95.6 Å². The van der Waals surface area contributed by atoms with Crippen LogP contribution in [0.5, 0.6) is 11.5 Å². The zero-order valence-electron chi connectivity index (χ0n) is 17.7. The van der Waals surface area contributed by atoms with E-state index < -0.39 is 0 Å². The Bertz CT molecular complexity index is 817. The summed E-state index contributed by atoms with van der Waals surface area (Å²) in [7, 11) is 3.83. The highest BCUT2D eigenvalue weighted by molar-refractivity contribution is 5.78. The maximum Gasteiger partial charge on any atom is 0.153 e. The van der Waals surface area contributed by atoms with Crippen molar-refractivity contribution < 1.29 is 14.6 Å². The molecule has 0 aromatic heterocycles. The minimum Gasteiger partial charge on any atom is -0.507 e. The summed E-state index contributed by atoms with van der Waals surface area (Å²) >= 11 is 0. The van der Waals surface area contributed by atoms with Crippen molar-refractivity contribution in [3.63, 3.8) is 0 Å². The van der Waals surface area contributed by atoms with Crippen molar-refractivity contribution in [2.75, 3.05) is 14.2 Å². The SMILES string of the molecule is CC.COc1ccc(CN(C)Cc2ccccc2)cc1.O=Cc1ccccc1O. The van der Waals surface area contributed by atoms with Gasteiger partial charge in [0.2, 0.25) is 0 Å². The normalized spacial score (nSPS) is 9.55. The van der Waals surface area contributed by atoms with E-state index in [0.717, 1.165) is 18.8 Å². The van der Waals surface area contributed by atoms with Crippen molar-refractivity contribution in [2.24, 2.45) is 0 Å². The van der Waals surface area contributed by atoms with E-state index in [-0.39, 0.29) is 5.75 Å². The van der Waals surface area contributed by atoms with Gasteiger partial charge in [0.05, 0.1) is 12.7 Å². The topological polar surface area (TPSA) is 49.8 Å². The Hall–Kier alpha value is -3.11. The summed E-state index contributed by atoms with van der Waals surface area (Å²) in [5, 5.41) is 8.88. The summed E-state index contributed by atoms with van der Waals surface area (Å²) in [6, 6.07) is 25.2. The van der Waals surface area contributed by atoms with Crippen LogP contribution in [0.3, 0.4) is 0 Å². The second kappa shape index (κ2) is 14.0. The molecule has 0 fully saturated rings. The van der Waals surface area contributed by atoms with E-state index in [1.807, 2.05) is 32.0 Å². The molecule has 0 atom stereocenters. The summed E-state index contributed by atoms with van der Waals surface area (Å²) in [6.45, 7) is 5.91. The number of hydrogen-bond acceptors (Lipinski definition) is 4. The summed E-state index contributed by atoms with van der Waals surface area (Å²) in [4.78, 5) is 12.4. The first-order valence-corrected chi connectivity index (χ1v) is 9.71. The number of benzene rings is 3. The number of nitrogens with zero attached hydrogens (tertiary/aromatic N) is 1. The fraction of sp³-hybridized carbons (Fsp3) is 0.240. The van der Waals surface area contributed by atoms with Gasteiger partial charge in [0.25, 0.3) is 0 Å². The lowest BCUT2D eigenvalue weighted by molar-refractivity contribution is 0.112. The van der Waals surface area contributed by atoms with Gasteiger partial charge < -0.3 is 9.84 Å². The number of phenols is 1. The van der Waals surface area contributed by atoms with Crippen molar-refractivity contribution in [1.29, 1.82) is 0 Å². The van der Waals surface area contributed by atoms with Crippen molar-refractivity contribution in [3.8, 4) is 11.5 Å². The number of carbonyl (C=O) groups excluding carboxylic acids is 1. The van der Waals surface area contributed by atoms with Gasteiger partial charge in [-0.25, -0.2) is 0 Å². The van der Waals surface area contributed by atoms with Crippen LogP contribution in [0.2, 0.25) is 0 Å². The lowest BCUT2D eigenvalue weighted by Gasteiger charge is -2.17. The maximum absolute atomic E-state index is 10.1. The quantitative estimate of drug-likeness (QED) is 0.557. The van der Waals surface area contributed by atoms with Gasteiger partial charge in [-0.05, 0) is 42.4 Å². The molecule has 0 heterocycles. The van der Waals surface area contributed by atoms with Gasteiger partial charge in [-0.3, -0.25) is 9.69 Å². The van der Waals surface area contributed by atoms with Gasteiger partial charge in [-0.1, -0.05) is 68.4 Å².